The first-order valence-electron chi connectivity index (χ1n) is 5.92. The predicted molar refractivity (Wildman–Crippen MR) is 65.6 cm³/mol. The molecule has 2 amide bonds. The summed E-state index contributed by atoms with van der Waals surface area (Å²) in [5, 5.41) is 11.4. The van der Waals surface area contributed by atoms with Crippen molar-refractivity contribution in [3.05, 3.63) is 23.9 Å². The van der Waals surface area contributed by atoms with Crippen LogP contribution >= 0.6 is 0 Å². The smallest absolute Gasteiger partial charge is 0.337 e. The van der Waals surface area contributed by atoms with Crippen molar-refractivity contribution in [1.82, 2.24) is 9.88 Å². The molecule has 6 nitrogen and oxygen atoms in total. The summed E-state index contributed by atoms with van der Waals surface area (Å²) in [5.41, 5.74) is 0.103. The van der Waals surface area contributed by atoms with Gasteiger partial charge in [0.05, 0.1) is 5.56 Å². The number of pyridine rings is 1. The zero-order valence-corrected chi connectivity index (χ0v) is 9.93. The predicted octanol–water partition coefficient (Wildman–Crippen LogP) is 1.80. The van der Waals surface area contributed by atoms with E-state index in [4.69, 9.17) is 5.11 Å². The highest BCUT2D eigenvalue weighted by Crippen LogP contribution is 2.11. The fourth-order valence-electron chi connectivity index (χ4n) is 1.88. The molecule has 2 N–H and O–H groups in total. The van der Waals surface area contributed by atoms with Crippen molar-refractivity contribution in [3.63, 3.8) is 0 Å². The van der Waals surface area contributed by atoms with Crippen LogP contribution in [0.15, 0.2) is 18.3 Å². The number of likely N-dealkylation sites (tertiary alicyclic amines) is 1. The molecular weight excluding hydrogens is 234 g/mol. The topological polar surface area (TPSA) is 82.5 Å². The number of aromatic carboxylic acids is 1. The molecule has 1 aliphatic rings. The average molecular weight is 249 g/mol. The van der Waals surface area contributed by atoms with E-state index in [1.54, 1.807) is 4.90 Å². The number of amides is 2. The van der Waals surface area contributed by atoms with Crippen LogP contribution in [-0.2, 0) is 0 Å². The fraction of sp³-hybridized carbons (Fsp3) is 0.417. The molecule has 1 saturated heterocycles. The van der Waals surface area contributed by atoms with Gasteiger partial charge in [0.25, 0.3) is 0 Å². The van der Waals surface area contributed by atoms with Gasteiger partial charge in [-0.2, -0.15) is 0 Å². The highest BCUT2D eigenvalue weighted by molar-refractivity contribution is 5.90. The molecule has 1 fully saturated rings. The number of rotatable bonds is 2. The molecular formula is C12H15N3O3. The fourth-order valence-corrected chi connectivity index (χ4v) is 1.88. The van der Waals surface area contributed by atoms with Gasteiger partial charge in [-0.3, -0.25) is 5.32 Å². The molecule has 0 bridgehead atoms. The van der Waals surface area contributed by atoms with Gasteiger partial charge in [0.2, 0.25) is 0 Å². The van der Waals surface area contributed by atoms with Crippen molar-refractivity contribution >= 4 is 17.8 Å². The molecule has 0 aromatic carbocycles. The summed E-state index contributed by atoms with van der Waals surface area (Å²) in [7, 11) is 0. The standard InChI is InChI=1S/C12H15N3O3/c16-11(17)9-4-5-10(13-8-9)14-12(18)15-6-2-1-3-7-15/h4-5,8H,1-3,6-7H2,(H,16,17)(H,13,14,18). The van der Waals surface area contributed by atoms with Crippen molar-refractivity contribution in [1.29, 1.82) is 0 Å². The normalized spacial score (nSPS) is 15.2. The number of aromatic nitrogens is 1. The van der Waals surface area contributed by atoms with E-state index in [1.807, 2.05) is 0 Å². The lowest BCUT2D eigenvalue weighted by Crippen LogP contribution is -2.38. The van der Waals surface area contributed by atoms with Gasteiger partial charge in [0, 0.05) is 19.3 Å². The maximum Gasteiger partial charge on any atom is 0.337 e. The Morgan fingerprint density at radius 1 is 1.22 bits per heavy atom. The van der Waals surface area contributed by atoms with Crippen LogP contribution in [0.1, 0.15) is 29.6 Å². The first-order chi connectivity index (χ1) is 8.66. The molecule has 6 heteroatoms. The molecule has 1 aliphatic heterocycles. The van der Waals surface area contributed by atoms with Gasteiger partial charge >= 0.3 is 12.0 Å². The van der Waals surface area contributed by atoms with Crippen LogP contribution in [0, 0.1) is 0 Å². The summed E-state index contributed by atoms with van der Waals surface area (Å²) in [6.07, 6.45) is 4.45. The van der Waals surface area contributed by atoms with Crippen molar-refractivity contribution in [3.8, 4) is 0 Å². The summed E-state index contributed by atoms with van der Waals surface area (Å²) in [6, 6.07) is 2.73. The summed E-state index contributed by atoms with van der Waals surface area (Å²) >= 11 is 0. The number of hydrogen-bond donors (Lipinski definition) is 2. The lowest BCUT2D eigenvalue weighted by Gasteiger charge is -2.26. The molecule has 0 unspecified atom stereocenters. The van der Waals surface area contributed by atoms with Gasteiger partial charge in [-0.05, 0) is 31.4 Å². The summed E-state index contributed by atoms with van der Waals surface area (Å²) in [6.45, 7) is 1.53. The Labute approximate surface area is 105 Å². The number of nitrogens with zero attached hydrogens (tertiary/aromatic N) is 2. The zero-order valence-electron chi connectivity index (χ0n) is 9.93. The van der Waals surface area contributed by atoms with Gasteiger partial charge in [0.15, 0.2) is 0 Å². The Balaban J connectivity index is 1.96. The Bertz CT molecular complexity index is 438. The lowest BCUT2D eigenvalue weighted by molar-refractivity contribution is 0.0696. The number of carboxylic acids is 1. The number of carboxylic acid groups (broad SMARTS) is 1. The van der Waals surface area contributed by atoms with Crippen LogP contribution in [0.4, 0.5) is 10.6 Å². The molecule has 0 aliphatic carbocycles. The third-order valence-electron chi connectivity index (χ3n) is 2.89. The van der Waals surface area contributed by atoms with Gasteiger partial charge in [-0.25, -0.2) is 14.6 Å². The van der Waals surface area contributed by atoms with Gasteiger partial charge < -0.3 is 10.0 Å². The zero-order chi connectivity index (χ0) is 13.0. The van der Waals surface area contributed by atoms with E-state index >= 15 is 0 Å². The average Bonchev–Trinajstić information content (AvgIpc) is 2.40. The molecule has 2 heterocycles. The van der Waals surface area contributed by atoms with Crippen LogP contribution in [-0.4, -0.2) is 40.1 Å². The number of carbonyl (C=O) groups excluding carboxylic acids is 1. The second-order valence-electron chi connectivity index (χ2n) is 4.22. The van der Waals surface area contributed by atoms with E-state index in [1.165, 1.54) is 18.3 Å². The minimum absolute atomic E-state index is 0.103. The van der Waals surface area contributed by atoms with E-state index < -0.39 is 5.97 Å². The second-order valence-corrected chi connectivity index (χ2v) is 4.22. The second kappa shape index (κ2) is 5.48. The van der Waals surface area contributed by atoms with Crippen molar-refractivity contribution in [2.45, 2.75) is 19.3 Å². The first-order valence-corrected chi connectivity index (χ1v) is 5.92. The van der Waals surface area contributed by atoms with E-state index in [0.717, 1.165) is 32.4 Å². The summed E-state index contributed by atoms with van der Waals surface area (Å²) in [4.78, 5) is 28.1. The quantitative estimate of drug-likeness (QED) is 0.837. The van der Waals surface area contributed by atoms with Gasteiger partial charge in [-0.1, -0.05) is 0 Å². The van der Waals surface area contributed by atoms with E-state index in [0.29, 0.717) is 5.82 Å². The van der Waals surface area contributed by atoms with E-state index in [9.17, 15) is 9.59 Å². The van der Waals surface area contributed by atoms with E-state index in [-0.39, 0.29) is 11.6 Å². The van der Waals surface area contributed by atoms with Crippen LogP contribution in [0.25, 0.3) is 0 Å². The van der Waals surface area contributed by atoms with Crippen molar-refractivity contribution in [2.75, 3.05) is 18.4 Å². The largest absolute Gasteiger partial charge is 0.478 e. The molecule has 0 atom stereocenters. The number of anilines is 1. The first kappa shape index (κ1) is 12.3. The van der Waals surface area contributed by atoms with Gasteiger partial charge in [0.1, 0.15) is 5.82 Å². The maximum atomic E-state index is 11.8. The minimum atomic E-state index is -1.03. The Hall–Kier alpha value is -2.11. The molecule has 1 aromatic heterocycles. The number of piperidine rings is 1. The Kier molecular flexibility index (Phi) is 3.76. The Morgan fingerprint density at radius 2 is 1.94 bits per heavy atom. The van der Waals surface area contributed by atoms with E-state index in [2.05, 4.69) is 10.3 Å². The minimum Gasteiger partial charge on any atom is -0.478 e. The molecule has 0 radical (unpaired) electrons. The highest BCUT2D eigenvalue weighted by Gasteiger charge is 2.16. The molecule has 18 heavy (non-hydrogen) atoms. The number of nitrogens with one attached hydrogen (secondary N) is 1. The summed E-state index contributed by atoms with van der Waals surface area (Å²) in [5.74, 6) is -0.660. The lowest BCUT2D eigenvalue weighted by atomic mass is 10.1. The third kappa shape index (κ3) is 2.97. The number of hydrogen-bond acceptors (Lipinski definition) is 3. The molecule has 0 saturated carbocycles. The molecule has 96 valence electrons. The summed E-state index contributed by atoms with van der Waals surface area (Å²) < 4.78 is 0. The molecule has 2 rings (SSSR count). The Morgan fingerprint density at radius 3 is 2.50 bits per heavy atom. The number of carbonyl (C=O) groups is 2. The van der Waals surface area contributed by atoms with Crippen LogP contribution < -0.4 is 5.32 Å². The van der Waals surface area contributed by atoms with Crippen LogP contribution in [0.5, 0.6) is 0 Å². The molecule has 0 spiro atoms. The number of urea groups is 1. The van der Waals surface area contributed by atoms with Crippen LogP contribution in [0.3, 0.4) is 0 Å². The van der Waals surface area contributed by atoms with Gasteiger partial charge in [-0.15, -0.1) is 0 Å². The van der Waals surface area contributed by atoms with Crippen LogP contribution in [0.2, 0.25) is 0 Å². The SMILES string of the molecule is O=C(O)c1ccc(NC(=O)N2CCCCC2)nc1. The third-order valence-corrected chi connectivity index (χ3v) is 2.89. The maximum absolute atomic E-state index is 11.8. The van der Waals surface area contributed by atoms with Crippen molar-refractivity contribution < 1.29 is 14.7 Å². The highest BCUT2D eigenvalue weighted by atomic mass is 16.4. The monoisotopic (exact) mass is 249 g/mol. The van der Waals surface area contributed by atoms with Crippen molar-refractivity contribution in [2.24, 2.45) is 0 Å². The molecule has 1 aromatic rings.